The molecule has 1 fully saturated rings. The molecule has 0 saturated carbocycles. The summed E-state index contributed by atoms with van der Waals surface area (Å²) < 4.78 is 31.6. The molecule has 2 aromatic rings. The molecule has 3 heterocycles. The molecule has 6 N–H and O–H groups in total. The first kappa shape index (κ1) is 25.6. The van der Waals surface area contributed by atoms with Gasteiger partial charge in [0.05, 0.1) is 22.5 Å². The molecule has 1 aliphatic carbocycles. The molecule has 196 valence electrons. The van der Waals surface area contributed by atoms with Crippen LogP contribution in [0.2, 0.25) is 5.02 Å². The number of nitrogens with zero attached hydrogens (tertiary/aromatic N) is 4. The summed E-state index contributed by atoms with van der Waals surface area (Å²) in [6.07, 6.45) is 4.96. The van der Waals surface area contributed by atoms with Crippen molar-refractivity contribution in [2.75, 3.05) is 36.9 Å². The summed E-state index contributed by atoms with van der Waals surface area (Å²) in [5, 5.41) is 11.8. The van der Waals surface area contributed by atoms with Gasteiger partial charge in [-0.3, -0.25) is 0 Å². The van der Waals surface area contributed by atoms with E-state index in [1.165, 1.54) is 23.1 Å². The molecule has 0 radical (unpaired) electrons. The fourth-order valence-corrected chi connectivity index (χ4v) is 6.22. The first-order chi connectivity index (χ1) is 17.7. The van der Waals surface area contributed by atoms with Crippen molar-refractivity contribution < 1.29 is 13.2 Å². The number of rotatable bonds is 7. The Morgan fingerprint density at radius 2 is 2.05 bits per heavy atom. The number of nitrogens with two attached hydrogens (primary N) is 2. The smallest absolute Gasteiger partial charge is 0.222 e. The monoisotopic (exact) mass is 544 g/mol. The van der Waals surface area contributed by atoms with Gasteiger partial charge in [0.15, 0.2) is 0 Å². The third-order valence-electron chi connectivity index (χ3n) is 6.95. The zero-order chi connectivity index (χ0) is 26.3. The van der Waals surface area contributed by atoms with E-state index in [-0.39, 0.29) is 18.6 Å². The predicted octanol–water partition coefficient (Wildman–Crippen LogP) is 2.19. The van der Waals surface area contributed by atoms with E-state index in [1.54, 1.807) is 6.07 Å². The summed E-state index contributed by atoms with van der Waals surface area (Å²) in [7, 11) is -3.23. The largest absolute Gasteiger partial charge is 0.474 e. The van der Waals surface area contributed by atoms with Gasteiger partial charge < -0.3 is 26.9 Å². The van der Waals surface area contributed by atoms with E-state index >= 15 is 0 Å². The molecule has 1 aromatic heterocycles. The number of ether oxygens (including phenoxy) is 1. The normalized spacial score (nSPS) is 20.7. The molecule has 13 heteroatoms. The van der Waals surface area contributed by atoms with Crippen molar-refractivity contribution in [3.8, 4) is 0 Å². The van der Waals surface area contributed by atoms with Crippen LogP contribution in [0.25, 0.3) is 11.1 Å². The van der Waals surface area contributed by atoms with E-state index in [0.717, 1.165) is 28.1 Å². The Balaban J connectivity index is 1.44. The lowest BCUT2D eigenvalue weighted by atomic mass is 9.76. The van der Waals surface area contributed by atoms with E-state index in [4.69, 9.17) is 38.2 Å². The summed E-state index contributed by atoms with van der Waals surface area (Å²) in [5.74, 6) is 0.486. The van der Waals surface area contributed by atoms with E-state index in [2.05, 4.69) is 15.3 Å². The Labute approximate surface area is 220 Å². The quantitative estimate of drug-likeness (QED) is 0.384. The van der Waals surface area contributed by atoms with Crippen molar-refractivity contribution in [2.24, 2.45) is 16.6 Å². The number of halogens is 1. The molecule has 0 spiro atoms. The van der Waals surface area contributed by atoms with Crippen LogP contribution in [-0.2, 0) is 14.8 Å². The van der Waals surface area contributed by atoms with Gasteiger partial charge in [0.2, 0.25) is 15.9 Å². The highest BCUT2D eigenvalue weighted by atomic mass is 35.5. The van der Waals surface area contributed by atoms with E-state index < -0.39 is 16.2 Å². The molecule has 1 saturated heterocycles. The zero-order valence-corrected chi connectivity index (χ0v) is 21.9. The minimum atomic E-state index is -3.23. The third kappa shape index (κ3) is 4.81. The van der Waals surface area contributed by atoms with Crippen LogP contribution in [0.4, 0.5) is 11.5 Å². The number of hydrogen-bond donors (Lipinski definition) is 4. The number of hydrogen-bond acceptors (Lipinski definition) is 10. The van der Waals surface area contributed by atoms with Gasteiger partial charge in [-0.2, -0.15) is 0 Å². The maximum Gasteiger partial charge on any atom is 0.222 e. The van der Waals surface area contributed by atoms with Crippen molar-refractivity contribution in [1.82, 2.24) is 14.3 Å². The molecular weight excluding hydrogens is 516 g/mol. The molecule has 1 aromatic carbocycles. The second-order valence-corrected chi connectivity index (χ2v) is 11.7. The Morgan fingerprint density at radius 3 is 2.73 bits per heavy atom. The Morgan fingerprint density at radius 1 is 1.30 bits per heavy atom. The number of nitrogens with one attached hydrogen (secondary N) is 2. The molecular formula is C24H29ClN8O3S. The summed E-state index contributed by atoms with van der Waals surface area (Å²) >= 11 is 6.55. The number of sulfonamides is 1. The molecule has 3 aliphatic rings. The van der Waals surface area contributed by atoms with Crippen LogP contribution in [0.3, 0.4) is 0 Å². The SMILES string of the molecule is CS(=O)(=O)N1CCC(OC2=NC(CC3=C(C(C=N)CN)c4c(N)ncnc43)Nc3cccc(Cl)c32)CC1. The number of nitrogen functional groups attached to an aromatic ring is 1. The van der Waals surface area contributed by atoms with Crippen LogP contribution in [0.1, 0.15) is 36.1 Å². The first-order valence-electron chi connectivity index (χ1n) is 12.0. The third-order valence-corrected chi connectivity index (χ3v) is 8.57. The van der Waals surface area contributed by atoms with Crippen LogP contribution in [0.5, 0.6) is 0 Å². The topological polar surface area (TPSA) is 173 Å². The number of fused-ring (bicyclic) bond motifs is 2. The van der Waals surface area contributed by atoms with Crippen molar-refractivity contribution in [3.05, 3.63) is 46.4 Å². The summed E-state index contributed by atoms with van der Waals surface area (Å²) in [4.78, 5) is 13.4. The van der Waals surface area contributed by atoms with Gasteiger partial charge in [0.25, 0.3) is 0 Å². The predicted molar refractivity (Wildman–Crippen MR) is 145 cm³/mol. The van der Waals surface area contributed by atoms with Crippen LogP contribution >= 0.6 is 11.6 Å². The van der Waals surface area contributed by atoms with Crippen LogP contribution < -0.4 is 16.8 Å². The van der Waals surface area contributed by atoms with Gasteiger partial charge >= 0.3 is 0 Å². The molecule has 11 nitrogen and oxygen atoms in total. The Bertz CT molecular complexity index is 1400. The highest BCUT2D eigenvalue weighted by molar-refractivity contribution is 7.88. The van der Waals surface area contributed by atoms with Gasteiger partial charge in [-0.1, -0.05) is 17.7 Å². The summed E-state index contributed by atoms with van der Waals surface area (Å²) in [6, 6.07) is 5.56. The van der Waals surface area contributed by atoms with Crippen molar-refractivity contribution in [1.29, 1.82) is 5.41 Å². The second kappa shape index (κ2) is 10.0. The fourth-order valence-electron chi connectivity index (χ4n) is 5.09. The highest BCUT2D eigenvalue weighted by Crippen LogP contribution is 2.48. The van der Waals surface area contributed by atoms with Gasteiger partial charge in [0, 0.05) is 49.4 Å². The molecule has 2 unspecified atom stereocenters. The van der Waals surface area contributed by atoms with Crippen molar-refractivity contribution >= 4 is 56.4 Å². The van der Waals surface area contributed by atoms with Gasteiger partial charge in [-0.05, 0) is 36.1 Å². The van der Waals surface area contributed by atoms with Gasteiger partial charge in [-0.25, -0.2) is 27.7 Å². The number of benzene rings is 1. The van der Waals surface area contributed by atoms with E-state index in [0.29, 0.717) is 54.7 Å². The lowest BCUT2D eigenvalue weighted by Crippen LogP contribution is -2.41. The average Bonchev–Trinajstić information content (AvgIpc) is 2.86. The van der Waals surface area contributed by atoms with Crippen molar-refractivity contribution in [3.63, 3.8) is 0 Å². The molecule has 2 aliphatic heterocycles. The maximum absolute atomic E-state index is 11.9. The maximum atomic E-state index is 11.9. The number of anilines is 2. The summed E-state index contributed by atoms with van der Waals surface area (Å²) in [6.45, 7) is 1.05. The van der Waals surface area contributed by atoms with E-state index in [1.807, 2.05) is 12.1 Å². The average molecular weight is 545 g/mol. The lowest BCUT2D eigenvalue weighted by Gasteiger charge is -2.35. The lowest BCUT2D eigenvalue weighted by molar-refractivity contribution is 0.124. The van der Waals surface area contributed by atoms with Crippen LogP contribution in [0, 0.1) is 11.3 Å². The Hall–Kier alpha value is -3.06. The van der Waals surface area contributed by atoms with Gasteiger partial charge in [0.1, 0.15) is 24.4 Å². The van der Waals surface area contributed by atoms with Crippen LogP contribution in [0.15, 0.2) is 29.5 Å². The minimum Gasteiger partial charge on any atom is -0.474 e. The summed E-state index contributed by atoms with van der Waals surface area (Å²) in [5.41, 5.74) is 16.8. The molecule has 5 rings (SSSR count). The number of aromatic nitrogens is 2. The molecule has 37 heavy (non-hydrogen) atoms. The highest BCUT2D eigenvalue weighted by Gasteiger charge is 2.37. The van der Waals surface area contributed by atoms with Crippen LogP contribution in [-0.4, -0.2) is 73.0 Å². The molecule has 0 bridgehead atoms. The van der Waals surface area contributed by atoms with E-state index in [9.17, 15) is 8.42 Å². The van der Waals surface area contributed by atoms with Gasteiger partial charge in [-0.15, -0.1) is 0 Å². The van der Waals surface area contributed by atoms with Crippen molar-refractivity contribution in [2.45, 2.75) is 31.5 Å². The fraction of sp³-hybridized carbons (Fsp3) is 0.417. The number of aliphatic imine (C=N–C) groups is 1. The minimum absolute atomic E-state index is 0.189. The first-order valence-corrected chi connectivity index (χ1v) is 14.2. The molecule has 2 atom stereocenters. The number of piperidine rings is 1. The molecule has 0 amide bonds. The standard InChI is InChI=1S/C24H29ClN8O3S/c1-37(34,35)33-7-5-14(6-8-33)36-24-20-16(25)3-2-4-17(20)31-18(32-24)9-15-19(13(10-26)11-27)21-22(15)29-12-30-23(21)28/h2-4,10,12-14,18,26,31H,5-9,11,27H2,1H3,(H2,28,29,30). The second-order valence-electron chi connectivity index (χ2n) is 9.32. The Kier molecular flexibility index (Phi) is 6.92. The zero-order valence-electron chi connectivity index (χ0n) is 20.3.